The first kappa shape index (κ1) is 13.8. The van der Waals surface area contributed by atoms with Crippen molar-refractivity contribution in [1.82, 2.24) is 10.2 Å². The molecule has 0 aliphatic heterocycles. The number of hydrogen-bond acceptors (Lipinski definition) is 2. The van der Waals surface area contributed by atoms with Crippen LogP contribution in [0.1, 0.15) is 40.5 Å². The number of aliphatic carboxylic acids is 1. The fraction of sp³-hybridized carbons (Fsp3) is 0.833. The first-order valence-electron chi connectivity index (χ1n) is 6.15. The van der Waals surface area contributed by atoms with Crippen LogP contribution >= 0.6 is 0 Å². The molecule has 0 aromatic heterocycles. The monoisotopic (exact) mass is 242 g/mol. The molecule has 0 spiro atoms. The van der Waals surface area contributed by atoms with Crippen LogP contribution in [0.25, 0.3) is 0 Å². The zero-order chi connectivity index (χ0) is 13.2. The Bertz CT molecular complexity index is 313. The van der Waals surface area contributed by atoms with Gasteiger partial charge in [0.25, 0.3) is 0 Å². The van der Waals surface area contributed by atoms with E-state index in [1.54, 1.807) is 11.8 Å². The maximum Gasteiger partial charge on any atom is 0.329 e. The lowest BCUT2D eigenvalue weighted by Crippen LogP contribution is -2.58. The number of rotatable bonds is 5. The molecular formula is C12H22N2O3. The molecule has 5 nitrogen and oxygen atoms in total. The highest BCUT2D eigenvalue weighted by molar-refractivity contribution is 5.86. The molecule has 0 heterocycles. The Kier molecular flexibility index (Phi) is 4.01. The second kappa shape index (κ2) is 4.94. The summed E-state index contributed by atoms with van der Waals surface area (Å²) >= 11 is 0. The first-order valence-corrected chi connectivity index (χ1v) is 6.15. The van der Waals surface area contributed by atoms with Gasteiger partial charge >= 0.3 is 12.0 Å². The molecule has 0 aromatic rings. The predicted octanol–water partition coefficient (Wildman–Crippen LogP) is 1.68. The highest BCUT2D eigenvalue weighted by Gasteiger charge is 2.49. The van der Waals surface area contributed by atoms with Gasteiger partial charge in [0.15, 0.2) is 0 Å². The molecule has 0 radical (unpaired) electrons. The van der Waals surface area contributed by atoms with Gasteiger partial charge in [-0.25, -0.2) is 9.59 Å². The maximum absolute atomic E-state index is 12.0. The number of carboxylic acid groups (broad SMARTS) is 1. The van der Waals surface area contributed by atoms with Crippen molar-refractivity contribution in [2.75, 3.05) is 6.54 Å². The Morgan fingerprint density at radius 2 is 2.00 bits per heavy atom. The van der Waals surface area contributed by atoms with Crippen molar-refractivity contribution >= 4 is 12.0 Å². The molecule has 2 amide bonds. The summed E-state index contributed by atoms with van der Waals surface area (Å²) in [6.45, 7) is 7.88. The molecule has 17 heavy (non-hydrogen) atoms. The lowest BCUT2D eigenvalue weighted by molar-refractivity contribution is -0.144. The minimum atomic E-state index is -1.13. The van der Waals surface area contributed by atoms with Crippen molar-refractivity contribution < 1.29 is 14.7 Å². The average Bonchev–Trinajstić information content (AvgIpc) is 3.00. The molecule has 98 valence electrons. The standard InChI is InChI=1S/C12H22N2O3/c1-5-14(8(2)3)11(17)13-12(4,10(15)16)9-6-7-9/h8-9H,5-7H2,1-4H3,(H,13,17)(H,15,16). The van der Waals surface area contributed by atoms with Gasteiger partial charge in [-0.15, -0.1) is 0 Å². The number of urea groups is 1. The van der Waals surface area contributed by atoms with Crippen molar-refractivity contribution in [3.8, 4) is 0 Å². The highest BCUT2D eigenvalue weighted by Crippen LogP contribution is 2.39. The highest BCUT2D eigenvalue weighted by atomic mass is 16.4. The van der Waals surface area contributed by atoms with E-state index in [0.717, 1.165) is 12.8 Å². The fourth-order valence-corrected chi connectivity index (χ4v) is 2.03. The number of nitrogens with zero attached hydrogens (tertiary/aromatic N) is 1. The van der Waals surface area contributed by atoms with Crippen LogP contribution in [0.3, 0.4) is 0 Å². The third kappa shape index (κ3) is 2.90. The maximum atomic E-state index is 12.0. The van der Waals surface area contributed by atoms with E-state index in [1.807, 2.05) is 20.8 Å². The van der Waals surface area contributed by atoms with Gasteiger partial charge in [-0.05, 0) is 46.5 Å². The number of carboxylic acids is 1. The van der Waals surface area contributed by atoms with Gasteiger partial charge in [0.2, 0.25) is 0 Å². The summed E-state index contributed by atoms with van der Waals surface area (Å²) in [6.07, 6.45) is 1.74. The lowest BCUT2D eigenvalue weighted by atomic mass is 9.96. The molecule has 5 heteroatoms. The topological polar surface area (TPSA) is 69.6 Å². The minimum absolute atomic E-state index is 0.0646. The van der Waals surface area contributed by atoms with Crippen LogP contribution in [-0.2, 0) is 4.79 Å². The molecule has 0 bridgehead atoms. The zero-order valence-electron chi connectivity index (χ0n) is 11.0. The van der Waals surface area contributed by atoms with Crippen LogP contribution in [0.2, 0.25) is 0 Å². The number of carbonyl (C=O) groups is 2. The summed E-state index contributed by atoms with van der Waals surface area (Å²) in [6, 6.07) is -0.225. The largest absolute Gasteiger partial charge is 0.480 e. The third-order valence-corrected chi connectivity index (χ3v) is 3.43. The molecule has 2 N–H and O–H groups in total. The summed E-state index contributed by atoms with van der Waals surface area (Å²) in [4.78, 5) is 24.9. The lowest BCUT2D eigenvalue weighted by Gasteiger charge is -2.32. The number of nitrogens with one attached hydrogen (secondary N) is 1. The summed E-state index contributed by atoms with van der Waals surface area (Å²) in [5.74, 6) is -0.886. The van der Waals surface area contributed by atoms with Crippen LogP contribution < -0.4 is 5.32 Å². The van der Waals surface area contributed by atoms with E-state index in [1.165, 1.54) is 0 Å². The Morgan fingerprint density at radius 3 is 2.29 bits per heavy atom. The summed E-state index contributed by atoms with van der Waals surface area (Å²) < 4.78 is 0. The van der Waals surface area contributed by atoms with Crippen LogP contribution in [0.4, 0.5) is 4.79 Å². The van der Waals surface area contributed by atoms with E-state index >= 15 is 0 Å². The van der Waals surface area contributed by atoms with Gasteiger partial charge in [0.1, 0.15) is 5.54 Å². The quantitative estimate of drug-likeness (QED) is 0.770. The second-order valence-electron chi connectivity index (χ2n) is 5.09. The zero-order valence-corrected chi connectivity index (χ0v) is 11.0. The Labute approximate surface area is 102 Å². The number of carbonyl (C=O) groups excluding carboxylic acids is 1. The van der Waals surface area contributed by atoms with Gasteiger partial charge in [0.05, 0.1) is 0 Å². The van der Waals surface area contributed by atoms with Gasteiger partial charge in [-0.1, -0.05) is 0 Å². The SMILES string of the molecule is CCN(C(=O)NC(C)(C(=O)O)C1CC1)C(C)C. The van der Waals surface area contributed by atoms with Gasteiger partial charge in [0, 0.05) is 12.6 Å². The van der Waals surface area contributed by atoms with Gasteiger partial charge in [-0.3, -0.25) is 0 Å². The van der Waals surface area contributed by atoms with Gasteiger partial charge in [-0.2, -0.15) is 0 Å². The minimum Gasteiger partial charge on any atom is -0.480 e. The Morgan fingerprint density at radius 1 is 1.47 bits per heavy atom. The molecule has 0 aromatic carbocycles. The van der Waals surface area contributed by atoms with Crippen LogP contribution in [0, 0.1) is 5.92 Å². The van der Waals surface area contributed by atoms with Crippen molar-refractivity contribution in [1.29, 1.82) is 0 Å². The second-order valence-corrected chi connectivity index (χ2v) is 5.09. The fourth-order valence-electron chi connectivity index (χ4n) is 2.03. The predicted molar refractivity (Wildman–Crippen MR) is 64.8 cm³/mol. The summed E-state index contributed by atoms with van der Waals surface area (Å²) in [7, 11) is 0. The molecule has 1 fully saturated rings. The van der Waals surface area contributed by atoms with E-state index in [0.29, 0.717) is 6.54 Å². The van der Waals surface area contributed by atoms with E-state index in [2.05, 4.69) is 5.32 Å². The number of hydrogen-bond donors (Lipinski definition) is 2. The normalized spacial score (nSPS) is 18.6. The molecule has 1 saturated carbocycles. The van der Waals surface area contributed by atoms with Crippen molar-refractivity contribution in [3.63, 3.8) is 0 Å². The average molecular weight is 242 g/mol. The van der Waals surface area contributed by atoms with Crippen LogP contribution in [0.5, 0.6) is 0 Å². The van der Waals surface area contributed by atoms with Crippen LogP contribution in [0.15, 0.2) is 0 Å². The Hall–Kier alpha value is -1.26. The first-order chi connectivity index (χ1) is 7.82. The molecule has 1 unspecified atom stereocenters. The smallest absolute Gasteiger partial charge is 0.329 e. The van der Waals surface area contributed by atoms with E-state index < -0.39 is 11.5 Å². The molecular weight excluding hydrogens is 220 g/mol. The van der Waals surface area contributed by atoms with Crippen molar-refractivity contribution in [3.05, 3.63) is 0 Å². The van der Waals surface area contributed by atoms with Gasteiger partial charge < -0.3 is 15.3 Å². The van der Waals surface area contributed by atoms with E-state index in [9.17, 15) is 14.7 Å². The Balaban J connectivity index is 2.74. The van der Waals surface area contributed by atoms with Crippen LogP contribution in [-0.4, -0.2) is 40.1 Å². The number of amides is 2. The van der Waals surface area contributed by atoms with Crippen molar-refractivity contribution in [2.24, 2.45) is 5.92 Å². The van der Waals surface area contributed by atoms with Crippen molar-refractivity contribution in [2.45, 2.75) is 52.1 Å². The molecule has 1 aliphatic rings. The summed E-state index contributed by atoms with van der Waals surface area (Å²) in [5, 5.41) is 11.9. The summed E-state index contributed by atoms with van der Waals surface area (Å²) in [5.41, 5.74) is -1.13. The van der Waals surface area contributed by atoms with E-state index in [-0.39, 0.29) is 18.0 Å². The molecule has 1 rings (SSSR count). The molecule has 0 saturated heterocycles. The third-order valence-electron chi connectivity index (χ3n) is 3.43. The van der Waals surface area contributed by atoms with E-state index in [4.69, 9.17) is 0 Å². The molecule has 1 aliphatic carbocycles. The molecule has 1 atom stereocenters.